The van der Waals surface area contributed by atoms with Gasteiger partial charge in [-0.2, -0.15) is 0 Å². The summed E-state index contributed by atoms with van der Waals surface area (Å²) in [6, 6.07) is 19.1. The van der Waals surface area contributed by atoms with Crippen LogP contribution >= 0.6 is 22.6 Å². The normalized spacial score (nSPS) is 11.4. The van der Waals surface area contributed by atoms with Crippen LogP contribution in [0.15, 0.2) is 70.9 Å². The number of benzene rings is 3. The molecule has 4 rings (SSSR count). The zero-order valence-electron chi connectivity index (χ0n) is 14.0. The van der Waals surface area contributed by atoms with Crippen LogP contribution in [0.4, 0.5) is 5.69 Å². The summed E-state index contributed by atoms with van der Waals surface area (Å²) in [7, 11) is 0. The highest BCUT2D eigenvalue weighted by Gasteiger charge is 2.11. The Kier molecular flexibility index (Phi) is 4.76. The highest BCUT2D eigenvalue weighted by Crippen LogP contribution is 2.36. The van der Waals surface area contributed by atoms with Crippen LogP contribution in [-0.2, 0) is 4.79 Å². The largest absolute Gasteiger partial charge is 0.493 e. The fourth-order valence-corrected chi connectivity index (χ4v) is 3.27. The van der Waals surface area contributed by atoms with Gasteiger partial charge < -0.3 is 14.8 Å². The fourth-order valence-electron chi connectivity index (χ4n) is 2.77. The van der Waals surface area contributed by atoms with Gasteiger partial charge >= 0.3 is 5.91 Å². The molecule has 0 unspecified atom stereocenters. The maximum Gasteiger partial charge on any atom is 0.302 e. The number of hydrogen-bond donors (Lipinski definition) is 2. The van der Waals surface area contributed by atoms with Crippen LogP contribution in [0.5, 0.6) is 11.6 Å². The molecule has 0 fully saturated rings. The first-order chi connectivity index (χ1) is 13.1. The summed E-state index contributed by atoms with van der Waals surface area (Å²) in [5.41, 5.74) is 0.962. The van der Waals surface area contributed by atoms with Crippen molar-refractivity contribution in [1.29, 1.82) is 0 Å². The van der Waals surface area contributed by atoms with E-state index in [1.54, 1.807) is 6.07 Å². The number of ether oxygens (including phenoxy) is 1. The lowest BCUT2D eigenvalue weighted by Gasteiger charge is -2.04. The number of rotatable bonds is 4. The number of carbonyl (C=O) groups excluding carboxylic acids is 1. The molecule has 2 N–H and O–H groups in total. The molecule has 1 aromatic heterocycles. The van der Waals surface area contributed by atoms with Gasteiger partial charge in [0.1, 0.15) is 5.75 Å². The Balaban J connectivity index is 1.47. The highest BCUT2D eigenvalue weighted by atomic mass is 127. The van der Waals surface area contributed by atoms with Crippen LogP contribution in [0.25, 0.3) is 21.7 Å². The summed E-state index contributed by atoms with van der Waals surface area (Å²) < 4.78 is 6.50. The van der Waals surface area contributed by atoms with Crippen molar-refractivity contribution >= 4 is 55.9 Å². The number of nitrogens with one attached hydrogen (secondary N) is 1. The number of hydrogen-bond acceptors (Lipinski definition) is 4. The number of azo groups is 1. The molecule has 1 heterocycles. The molecule has 0 atom stereocenters. The molecule has 0 aliphatic heterocycles. The number of aromatic hydroxyl groups is 1. The van der Waals surface area contributed by atoms with E-state index in [2.05, 4.69) is 37.8 Å². The summed E-state index contributed by atoms with van der Waals surface area (Å²) >= 11 is 2.17. The molecular weight excluding hydrogens is 457 g/mol. The van der Waals surface area contributed by atoms with Gasteiger partial charge in [-0.15, -0.1) is 10.2 Å². The van der Waals surface area contributed by atoms with Crippen molar-refractivity contribution in [3.8, 4) is 11.6 Å². The Morgan fingerprint density at radius 1 is 1.07 bits per heavy atom. The minimum Gasteiger partial charge on any atom is -0.493 e. The third kappa shape index (κ3) is 3.77. The first-order valence-electron chi connectivity index (χ1n) is 8.16. The smallest absolute Gasteiger partial charge is 0.302 e. The summed E-state index contributed by atoms with van der Waals surface area (Å²) in [5.74, 6) is -0.0803. The topological polar surface area (TPSA) is 87.0 Å². The number of nitrogens with zero attached hydrogens (tertiary/aromatic N) is 2. The molecule has 0 bridgehead atoms. The average molecular weight is 471 g/mol. The van der Waals surface area contributed by atoms with E-state index in [0.717, 1.165) is 19.9 Å². The zero-order chi connectivity index (χ0) is 18.8. The second-order valence-corrected chi connectivity index (χ2v) is 7.15. The molecular formula is C20H14IN3O3. The van der Waals surface area contributed by atoms with Gasteiger partial charge in [-0.25, -0.2) is 0 Å². The van der Waals surface area contributed by atoms with E-state index in [-0.39, 0.29) is 18.2 Å². The lowest BCUT2D eigenvalue weighted by atomic mass is 10.1. The van der Waals surface area contributed by atoms with E-state index in [1.165, 1.54) is 0 Å². The van der Waals surface area contributed by atoms with Gasteiger partial charge in [0.05, 0.1) is 5.52 Å². The fraction of sp³-hybridized carbons (Fsp3) is 0.0500. The monoisotopic (exact) mass is 471 g/mol. The van der Waals surface area contributed by atoms with Crippen LogP contribution in [0.3, 0.4) is 0 Å². The number of halogens is 1. The van der Waals surface area contributed by atoms with Gasteiger partial charge in [-0.05, 0) is 63.7 Å². The van der Waals surface area contributed by atoms with Gasteiger partial charge in [0.15, 0.2) is 12.3 Å². The quantitative estimate of drug-likeness (QED) is 0.312. The van der Waals surface area contributed by atoms with Crippen molar-refractivity contribution in [1.82, 2.24) is 4.98 Å². The minimum atomic E-state index is -0.539. The molecule has 0 aliphatic carbocycles. The predicted molar refractivity (Wildman–Crippen MR) is 112 cm³/mol. The summed E-state index contributed by atoms with van der Waals surface area (Å²) in [6.45, 7) is -0.234. The predicted octanol–water partition coefficient (Wildman–Crippen LogP) is 5.32. The number of H-pyrrole nitrogens is 1. The molecule has 0 radical (unpaired) electrons. The molecule has 3 aromatic carbocycles. The number of fused-ring (bicyclic) bond motifs is 2. The lowest BCUT2D eigenvalue weighted by molar-refractivity contribution is -0.120. The Morgan fingerprint density at radius 3 is 2.74 bits per heavy atom. The van der Waals surface area contributed by atoms with E-state index in [4.69, 9.17) is 4.74 Å². The SMILES string of the molecule is O=C(COc1ccc2ccccc2c1)N=Nc1c(O)[nH]c2ccc(I)cc12. The molecule has 134 valence electrons. The molecule has 0 saturated carbocycles. The summed E-state index contributed by atoms with van der Waals surface area (Å²) in [4.78, 5) is 14.8. The molecule has 6 nitrogen and oxygen atoms in total. The second-order valence-electron chi connectivity index (χ2n) is 5.90. The van der Waals surface area contributed by atoms with Gasteiger partial charge in [-0.1, -0.05) is 30.3 Å². The Hall–Kier alpha value is -2.94. The van der Waals surface area contributed by atoms with Gasteiger partial charge in [-0.3, -0.25) is 4.79 Å². The van der Waals surface area contributed by atoms with Crippen molar-refractivity contribution in [3.05, 3.63) is 64.2 Å². The molecule has 0 spiro atoms. The highest BCUT2D eigenvalue weighted by molar-refractivity contribution is 14.1. The maximum absolute atomic E-state index is 12.0. The summed E-state index contributed by atoms with van der Waals surface area (Å²) in [5, 5.41) is 20.4. The minimum absolute atomic E-state index is 0.126. The van der Waals surface area contributed by atoms with Crippen molar-refractivity contribution in [3.63, 3.8) is 0 Å². The standard InChI is InChI=1S/C20H14IN3O3/c21-14-6-8-17-16(10-14)19(20(26)22-17)24-23-18(25)11-27-15-7-5-12-3-1-2-4-13(12)9-15/h1-10,22,26H,11H2. The van der Waals surface area contributed by atoms with Gasteiger partial charge in [0.2, 0.25) is 5.88 Å². The van der Waals surface area contributed by atoms with Crippen molar-refractivity contribution in [2.75, 3.05) is 6.61 Å². The molecule has 4 aromatic rings. The first-order valence-corrected chi connectivity index (χ1v) is 9.24. The number of aromatic nitrogens is 1. The number of amides is 1. The lowest BCUT2D eigenvalue weighted by Crippen LogP contribution is -2.07. The zero-order valence-corrected chi connectivity index (χ0v) is 16.2. The Morgan fingerprint density at radius 2 is 1.89 bits per heavy atom. The van der Waals surface area contributed by atoms with Crippen molar-refractivity contribution in [2.24, 2.45) is 10.2 Å². The van der Waals surface area contributed by atoms with E-state index in [0.29, 0.717) is 11.1 Å². The van der Waals surface area contributed by atoms with E-state index >= 15 is 0 Å². The Labute approximate surface area is 168 Å². The Bertz CT molecular complexity index is 1180. The van der Waals surface area contributed by atoms with Crippen LogP contribution in [-0.4, -0.2) is 22.6 Å². The van der Waals surface area contributed by atoms with E-state index in [1.807, 2.05) is 54.6 Å². The number of aromatic amines is 1. The van der Waals surface area contributed by atoms with Crippen LogP contribution in [0.2, 0.25) is 0 Å². The number of carbonyl (C=O) groups is 1. The van der Waals surface area contributed by atoms with Gasteiger partial charge in [0.25, 0.3) is 0 Å². The third-order valence-electron chi connectivity index (χ3n) is 4.06. The van der Waals surface area contributed by atoms with Crippen LogP contribution in [0.1, 0.15) is 0 Å². The molecule has 0 saturated heterocycles. The summed E-state index contributed by atoms with van der Waals surface area (Å²) in [6.07, 6.45) is 0. The van der Waals surface area contributed by atoms with Gasteiger partial charge in [0, 0.05) is 8.96 Å². The molecule has 1 amide bonds. The van der Waals surface area contributed by atoms with Crippen LogP contribution in [0, 0.1) is 3.57 Å². The van der Waals surface area contributed by atoms with Crippen LogP contribution < -0.4 is 4.74 Å². The second kappa shape index (κ2) is 7.36. The van der Waals surface area contributed by atoms with E-state index < -0.39 is 5.91 Å². The maximum atomic E-state index is 12.0. The van der Waals surface area contributed by atoms with Crippen molar-refractivity contribution in [2.45, 2.75) is 0 Å². The third-order valence-corrected chi connectivity index (χ3v) is 4.73. The molecule has 27 heavy (non-hydrogen) atoms. The average Bonchev–Trinajstić information content (AvgIpc) is 2.99. The first kappa shape index (κ1) is 17.5. The molecule has 7 heteroatoms. The molecule has 0 aliphatic rings. The van der Waals surface area contributed by atoms with Crippen molar-refractivity contribution < 1.29 is 14.6 Å². The van der Waals surface area contributed by atoms with E-state index in [9.17, 15) is 9.90 Å².